The first kappa shape index (κ1) is 15.8. The van der Waals surface area contributed by atoms with E-state index in [0.717, 1.165) is 25.2 Å². The third kappa shape index (κ3) is 2.89. The van der Waals surface area contributed by atoms with Crippen LogP contribution in [0.5, 0.6) is 0 Å². The molecule has 0 aromatic carbocycles. The second-order valence-electron chi connectivity index (χ2n) is 7.84. The zero-order valence-electron chi connectivity index (χ0n) is 14.1. The van der Waals surface area contributed by atoms with Crippen molar-refractivity contribution in [3.8, 4) is 0 Å². The summed E-state index contributed by atoms with van der Waals surface area (Å²) in [5.74, 6) is 1.56. The molecule has 2 heteroatoms. The second-order valence-corrected chi connectivity index (χ2v) is 7.84. The number of fused-ring (bicyclic) bond motifs is 4. The van der Waals surface area contributed by atoms with E-state index in [0.29, 0.717) is 11.3 Å². The molecule has 0 amide bonds. The van der Waals surface area contributed by atoms with Gasteiger partial charge in [0.2, 0.25) is 0 Å². The summed E-state index contributed by atoms with van der Waals surface area (Å²) in [4.78, 5) is 11.3. The number of carbonyl (C=O) groups is 1. The molecule has 4 atom stereocenters. The average molecular weight is 302 g/mol. The fourth-order valence-electron chi connectivity index (χ4n) is 4.90. The molecule has 4 unspecified atom stereocenters. The molecule has 2 saturated carbocycles. The van der Waals surface area contributed by atoms with Crippen molar-refractivity contribution in [2.45, 2.75) is 64.7 Å². The molecule has 0 radical (unpaired) electrons. The van der Waals surface area contributed by atoms with E-state index in [1.54, 1.807) is 0 Å². The predicted molar refractivity (Wildman–Crippen MR) is 89.4 cm³/mol. The fourth-order valence-corrected chi connectivity index (χ4v) is 4.90. The zero-order chi connectivity index (χ0) is 15.6. The minimum Gasteiger partial charge on any atom is -0.468 e. The molecule has 4 aliphatic carbocycles. The van der Waals surface area contributed by atoms with Gasteiger partial charge in [0.25, 0.3) is 0 Å². The topological polar surface area (TPSA) is 26.3 Å². The summed E-state index contributed by atoms with van der Waals surface area (Å²) in [7, 11) is 1.47. The van der Waals surface area contributed by atoms with E-state index in [-0.39, 0.29) is 11.4 Å². The molecule has 0 N–H and O–H groups in total. The van der Waals surface area contributed by atoms with Gasteiger partial charge in [-0.3, -0.25) is 4.79 Å². The number of hydrogen-bond acceptors (Lipinski definition) is 2. The Hall–Kier alpha value is -1.05. The molecule has 2 fully saturated rings. The summed E-state index contributed by atoms with van der Waals surface area (Å²) in [6, 6.07) is 0. The van der Waals surface area contributed by atoms with Gasteiger partial charge in [0.15, 0.2) is 0 Å². The maximum absolute atomic E-state index is 11.3. The lowest BCUT2D eigenvalue weighted by Gasteiger charge is -2.22. The SMILES string of the molecule is CCCCC12C=CC(CC1)C2.COC(=O)C12C=CC(CC1)C2. The van der Waals surface area contributed by atoms with Gasteiger partial charge in [-0.1, -0.05) is 44.1 Å². The molecular weight excluding hydrogens is 272 g/mol. The van der Waals surface area contributed by atoms with Crippen LogP contribution in [-0.2, 0) is 9.53 Å². The number of rotatable bonds is 4. The highest BCUT2D eigenvalue weighted by molar-refractivity contribution is 5.80. The normalized spacial score (nSPS) is 39.9. The minimum absolute atomic E-state index is 0.0475. The lowest BCUT2D eigenvalue weighted by atomic mass is 9.83. The van der Waals surface area contributed by atoms with E-state index in [4.69, 9.17) is 4.74 Å². The Balaban J connectivity index is 0.000000131. The molecule has 2 nitrogen and oxygen atoms in total. The maximum Gasteiger partial charge on any atom is 0.315 e. The molecule has 0 heterocycles. The molecule has 0 spiro atoms. The van der Waals surface area contributed by atoms with Crippen molar-refractivity contribution in [3.63, 3.8) is 0 Å². The number of unbranched alkanes of at least 4 members (excludes halogenated alkanes) is 1. The Kier molecular flexibility index (Phi) is 4.47. The summed E-state index contributed by atoms with van der Waals surface area (Å²) in [5, 5.41) is 0. The second kappa shape index (κ2) is 6.22. The van der Waals surface area contributed by atoms with E-state index in [1.165, 1.54) is 45.6 Å². The lowest BCUT2D eigenvalue weighted by Crippen LogP contribution is -2.25. The van der Waals surface area contributed by atoms with Gasteiger partial charge < -0.3 is 4.74 Å². The fraction of sp³-hybridized carbons (Fsp3) is 0.750. The number of carbonyl (C=O) groups excluding carboxylic acids is 1. The molecular formula is C20H30O2. The molecule has 0 aromatic rings. The van der Waals surface area contributed by atoms with Gasteiger partial charge in [-0.15, -0.1) is 0 Å². The molecule has 4 bridgehead atoms. The Morgan fingerprint density at radius 2 is 1.86 bits per heavy atom. The number of esters is 1. The van der Waals surface area contributed by atoms with Gasteiger partial charge in [-0.2, -0.15) is 0 Å². The molecule has 0 aliphatic heterocycles. The summed E-state index contributed by atoms with van der Waals surface area (Å²) in [6.45, 7) is 2.29. The summed E-state index contributed by atoms with van der Waals surface area (Å²) in [6.07, 6.45) is 21.0. The Morgan fingerprint density at radius 3 is 2.27 bits per heavy atom. The standard InChI is InChI=1S/C11H18.C9H12O2/c1-2-3-6-11-7-4-10(9-11)5-8-11;1-11-8(10)9-4-2-7(6-9)3-5-9/h4,7,10H,2-3,5-6,8-9H2,1H3;2,4,7H,3,5-6H2,1H3. The van der Waals surface area contributed by atoms with Crippen LogP contribution in [0.2, 0.25) is 0 Å². The van der Waals surface area contributed by atoms with E-state index in [9.17, 15) is 4.79 Å². The maximum atomic E-state index is 11.3. The van der Waals surface area contributed by atoms with Crippen LogP contribution in [0, 0.1) is 22.7 Å². The zero-order valence-corrected chi connectivity index (χ0v) is 14.1. The van der Waals surface area contributed by atoms with Crippen molar-refractivity contribution in [2.75, 3.05) is 7.11 Å². The summed E-state index contributed by atoms with van der Waals surface area (Å²) < 4.78 is 4.76. The Labute approximate surface area is 135 Å². The molecule has 122 valence electrons. The van der Waals surface area contributed by atoms with Crippen LogP contribution >= 0.6 is 0 Å². The highest BCUT2D eigenvalue weighted by Crippen LogP contribution is 2.52. The molecule has 22 heavy (non-hydrogen) atoms. The van der Waals surface area contributed by atoms with Crippen molar-refractivity contribution < 1.29 is 9.53 Å². The van der Waals surface area contributed by atoms with E-state index in [1.807, 2.05) is 6.08 Å². The van der Waals surface area contributed by atoms with Crippen LogP contribution in [0.15, 0.2) is 24.3 Å². The number of allylic oxidation sites excluding steroid dienone is 3. The number of methoxy groups -OCH3 is 1. The molecule has 0 aromatic heterocycles. The summed E-state index contributed by atoms with van der Waals surface area (Å²) >= 11 is 0. The van der Waals surface area contributed by atoms with Gasteiger partial charge in [-0.05, 0) is 62.2 Å². The van der Waals surface area contributed by atoms with E-state index < -0.39 is 0 Å². The van der Waals surface area contributed by atoms with Crippen molar-refractivity contribution in [1.29, 1.82) is 0 Å². The van der Waals surface area contributed by atoms with Crippen molar-refractivity contribution >= 4 is 5.97 Å². The lowest BCUT2D eigenvalue weighted by molar-refractivity contribution is -0.149. The van der Waals surface area contributed by atoms with Crippen LogP contribution in [0.3, 0.4) is 0 Å². The third-order valence-electron chi connectivity index (χ3n) is 6.30. The number of ether oxygens (including phenoxy) is 1. The van der Waals surface area contributed by atoms with Crippen LogP contribution in [0.1, 0.15) is 64.7 Å². The first-order valence-electron chi connectivity index (χ1n) is 9.09. The smallest absolute Gasteiger partial charge is 0.315 e. The van der Waals surface area contributed by atoms with Crippen LogP contribution in [-0.4, -0.2) is 13.1 Å². The van der Waals surface area contributed by atoms with Crippen LogP contribution in [0.25, 0.3) is 0 Å². The van der Waals surface area contributed by atoms with Crippen molar-refractivity contribution in [2.24, 2.45) is 22.7 Å². The van der Waals surface area contributed by atoms with Gasteiger partial charge in [-0.25, -0.2) is 0 Å². The quantitative estimate of drug-likeness (QED) is 0.536. The monoisotopic (exact) mass is 302 g/mol. The van der Waals surface area contributed by atoms with Gasteiger partial charge in [0.1, 0.15) is 0 Å². The Morgan fingerprint density at radius 1 is 1.14 bits per heavy atom. The largest absolute Gasteiger partial charge is 0.468 e. The third-order valence-corrected chi connectivity index (χ3v) is 6.30. The molecule has 0 saturated heterocycles. The predicted octanol–water partition coefficient (Wildman–Crippen LogP) is 5.05. The van der Waals surface area contributed by atoms with Gasteiger partial charge in [0, 0.05) is 0 Å². The van der Waals surface area contributed by atoms with E-state index >= 15 is 0 Å². The molecule has 4 rings (SSSR count). The summed E-state index contributed by atoms with van der Waals surface area (Å²) in [5.41, 5.74) is 0.458. The molecule has 4 aliphatic rings. The first-order valence-corrected chi connectivity index (χ1v) is 9.09. The van der Waals surface area contributed by atoms with Gasteiger partial charge in [0.05, 0.1) is 12.5 Å². The van der Waals surface area contributed by atoms with Crippen molar-refractivity contribution in [1.82, 2.24) is 0 Å². The van der Waals surface area contributed by atoms with Crippen LogP contribution in [0.4, 0.5) is 0 Å². The first-order chi connectivity index (χ1) is 10.6. The van der Waals surface area contributed by atoms with E-state index in [2.05, 4.69) is 25.2 Å². The van der Waals surface area contributed by atoms with Gasteiger partial charge >= 0.3 is 5.97 Å². The average Bonchev–Trinajstić information content (AvgIpc) is 3.32. The number of hydrogen-bond donors (Lipinski definition) is 0. The Bertz CT molecular complexity index is 478. The minimum atomic E-state index is -0.223. The highest BCUT2D eigenvalue weighted by atomic mass is 16.5. The van der Waals surface area contributed by atoms with Crippen molar-refractivity contribution in [3.05, 3.63) is 24.3 Å². The highest BCUT2D eigenvalue weighted by Gasteiger charge is 2.47. The van der Waals surface area contributed by atoms with Crippen LogP contribution < -0.4 is 0 Å².